The highest BCUT2D eigenvalue weighted by molar-refractivity contribution is 5.85. The highest BCUT2D eigenvalue weighted by Crippen LogP contribution is 2.59. The van der Waals surface area contributed by atoms with E-state index in [-0.39, 0.29) is 12.4 Å². The summed E-state index contributed by atoms with van der Waals surface area (Å²) in [6.45, 7) is 10.4. The highest BCUT2D eigenvalue weighted by Gasteiger charge is 2.58. The van der Waals surface area contributed by atoms with Crippen molar-refractivity contribution in [2.45, 2.75) is 40.0 Å². The number of halogens is 1. The molecule has 1 unspecified atom stereocenters. The fourth-order valence-electron chi connectivity index (χ4n) is 3.21. The maximum absolute atomic E-state index is 12.5. The predicted octanol–water partition coefficient (Wildman–Crippen LogP) is 2.30. The van der Waals surface area contributed by atoms with Gasteiger partial charge in [-0.25, -0.2) is 0 Å². The minimum absolute atomic E-state index is 0. The Morgan fingerprint density at radius 3 is 2.50 bits per heavy atom. The molecule has 1 spiro atoms. The molecule has 1 saturated heterocycles. The van der Waals surface area contributed by atoms with Gasteiger partial charge in [0.1, 0.15) is 0 Å². The van der Waals surface area contributed by atoms with Crippen molar-refractivity contribution in [3.8, 4) is 0 Å². The van der Waals surface area contributed by atoms with Crippen LogP contribution in [0.1, 0.15) is 40.0 Å². The molecule has 3 nitrogen and oxygen atoms in total. The van der Waals surface area contributed by atoms with Crippen LogP contribution in [-0.4, -0.2) is 37.0 Å². The van der Waals surface area contributed by atoms with Gasteiger partial charge in [-0.3, -0.25) is 4.79 Å². The first-order valence-corrected chi connectivity index (χ1v) is 7.08. The second-order valence-electron chi connectivity index (χ2n) is 6.14. The van der Waals surface area contributed by atoms with Crippen LogP contribution < -0.4 is 5.32 Å². The third-order valence-electron chi connectivity index (χ3n) is 4.37. The van der Waals surface area contributed by atoms with Crippen LogP contribution in [0.4, 0.5) is 0 Å². The van der Waals surface area contributed by atoms with E-state index < -0.39 is 0 Å². The van der Waals surface area contributed by atoms with Crippen molar-refractivity contribution in [3.05, 3.63) is 0 Å². The van der Waals surface area contributed by atoms with E-state index >= 15 is 0 Å². The molecule has 106 valence electrons. The van der Waals surface area contributed by atoms with Crippen molar-refractivity contribution in [2.75, 3.05) is 26.2 Å². The van der Waals surface area contributed by atoms with Crippen LogP contribution in [0.5, 0.6) is 0 Å². The normalized spacial score (nSPS) is 24.8. The zero-order valence-electron chi connectivity index (χ0n) is 11.9. The van der Waals surface area contributed by atoms with Crippen LogP contribution in [0.15, 0.2) is 0 Å². The molecule has 2 aliphatic rings. The largest absolute Gasteiger partial charge is 0.342 e. The Morgan fingerprint density at radius 1 is 1.39 bits per heavy atom. The molecular formula is C14H27ClN2O. The second-order valence-corrected chi connectivity index (χ2v) is 6.14. The first-order valence-electron chi connectivity index (χ1n) is 7.08. The standard InChI is InChI=1S/C14H26N2O.ClH/c1-4-16(10-11(2)3)13(17)12-9-14(12)5-7-15-8-6-14;/h11-12,15H,4-10H2,1-3H3;1H. The number of hydrogen-bond donors (Lipinski definition) is 1. The molecule has 1 aliphatic heterocycles. The lowest BCUT2D eigenvalue weighted by atomic mass is 9.91. The number of nitrogens with one attached hydrogen (secondary N) is 1. The lowest BCUT2D eigenvalue weighted by molar-refractivity contribution is -0.134. The van der Waals surface area contributed by atoms with Crippen molar-refractivity contribution in [1.29, 1.82) is 0 Å². The summed E-state index contributed by atoms with van der Waals surface area (Å²) in [5.74, 6) is 1.33. The fourth-order valence-corrected chi connectivity index (χ4v) is 3.21. The van der Waals surface area contributed by atoms with Crippen molar-refractivity contribution in [1.82, 2.24) is 10.2 Å². The first kappa shape index (κ1) is 15.8. The Bertz CT molecular complexity index is 288. The Hall–Kier alpha value is -0.280. The van der Waals surface area contributed by atoms with E-state index in [4.69, 9.17) is 0 Å². The zero-order chi connectivity index (χ0) is 12.5. The molecule has 0 aromatic carbocycles. The molecule has 1 atom stereocenters. The van der Waals surface area contributed by atoms with Crippen molar-refractivity contribution < 1.29 is 4.79 Å². The van der Waals surface area contributed by atoms with Crippen LogP contribution in [0.25, 0.3) is 0 Å². The van der Waals surface area contributed by atoms with Gasteiger partial charge in [-0.2, -0.15) is 0 Å². The average molecular weight is 275 g/mol. The Labute approximate surface area is 117 Å². The fraction of sp³-hybridized carbons (Fsp3) is 0.929. The van der Waals surface area contributed by atoms with Gasteiger partial charge in [0, 0.05) is 19.0 Å². The minimum Gasteiger partial charge on any atom is -0.342 e. The minimum atomic E-state index is 0. The number of rotatable bonds is 4. The number of hydrogen-bond acceptors (Lipinski definition) is 2. The smallest absolute Gasteiger partial charge is 0.226 e. The molecule has 1 amide bonds. The molecule has 1 aliphatic carbocycles. The first-order chi connectivity index (χ1) is 8.09. The Morgan fingerprint density at radius 2 is 2.00 bits per heavy atom. The van der Waals surface area contributed by atoms with Gasteiger partial charge in [0.2, 0.25) is 5.91 Å². The van der Waals surface area contributed by atoms with Crippen molar-refractivity contribution in [3.63, 3.8) is 0 Å². The molecule has 1 heterocycles. The zero-order valence-corrected chi connectivity index (χ0v) is 12.7. The molecular weight excluding hydrogens is 248 g/mol. The quantitative estimate of drug-likeness (QED) is 0.853. The van der Waals surface area contributed by atoms with E-state index in [0.29, 0.717) is 23.2 Å². The molecule has 2 rings (SSSR count). The summed E-state index contributed by atoms with van der Waals surface area (Å²) in [5, 5.41) is 3.39. The van der Waals surface area contributed by atoms with Crippen LogP contribution in [-0.2, 0) is 4.79 Å². The number of carbonyl (C=O) groups excluding carboxylic acids is 1. The molecule has 2 fully saturated rings. The predicted molar refractivity (Wildman–Crippen MR) is 77.0 cm³/mol. The average Bonchev–Trinajstić information content (AvgIpc) is 2.99. The molecule has 0 bridgehead atoms. The highest BCUT2D eigenvalue weighted by atomic mass is 35.5. The van der Waals surface area contributed by atoms with E-state index in [0.717, 1.165) is 32.6 Å². The van der Waals surface area contributed by atoms with E-state index in [2.05, 4.69) is 31.0 Å². The summed E-state index contributed by atoms with van der Waals surface area (Å²) in [6.07, 6.45) is 3.54. The van der Waals surface area contributed by atoms with Crippen molar-refractivity contribution in [2.24, 2.45) is 17.3 Å². The van der Waals surface area contributed by atoms with E-state index in [1.807, 2.05) is 0 Å². The number of piperidine rings is 1. The summed E-state index contributed by atoms with van der Waals surface area (Å²) in [6, 6.07) is 0. The van der Waals surface area contributed by atoms with Gasteiger partial charge < -0.3 is 10.2 Å². The van der Waals surface area contributed by atoms with Gasteiger partial charge in [-0.05, 0) is 50.6 Å². The number of carbonyl (C=O) groups is 1. The van der Waals surface area contributed by atoms with Crippen LogP contribution in [0, 0.1) is 17.3 Å². The molecule has 18 heavy (non-hydrogen) atoms. The maximum atomic E-state index is 12.5. The summed E-state index contributed by atoms with van der Waals surface area (Å²) < 4.78 is 0. The number of amides is 1. The van der Waals surface area contributed by atoms with Gasteiger partial charge in [0.25, 0.3) is 0 Å². The van der Waals surface area contributed by atoms with Crippen LogP contribution >= 0.6 is 12.4 Å². The Kier molecular flexibility index (Phi) is 5.47. The third kappa shape index (κ3) is 3.18. The van der Waals surface area contributed by atoms with E-state index in [1.165, 1.54) is 12.8 Å². The molecule has 1 saturated carbocycles. The van der Waals surface area contributed by atoms with Gasteiger partial charge in [-0.15, -0.1) is 12.4 Å². The SMILES string of the molecule is CCN(CC(C)C)C(=O)C1CC12CCNCC2.Cl. The van der Waals surface area contributed by atoms with Gasteiger partial charge in [0.15, 0.2) is 0 Å². The molecule has 0 radical (unpaired) electrons. The summed E-state index contributed by atoms with van der Waals surface area (Å²) in [7, 11) is 0. The summed E-state index contributed by atoms with van der Waals surface area (Å²) in [4.78, 5) is 14.5. The monoisotopic (exact) mass is 274 g/mol. The second kappa shape index (κ2) is 6.25. The van der Waals surface area contributed by atoms with Crippen molar-refractivity contribution >= 4 is 18.3 Å². The summed E-state index contributed by atoms with van der Waals surface area (Å²) >= 11 is 0. The molecule has 0 aromatic heterocycles. The maximum Gasteiger partial charge on any atom is 0.226 e. The lowest BCUT2D eigenvalue weighted by Crippen LogP contribution is -2.38. The topological polar surface area (TPSA) is 32.3 Å². The molecule has 4 heteroatoms. The van der Waals surface area contributed by atoms with Gasteiger partial charge in [0.05, 0.1) is 0 Å². The van der Waals surface area contributed by atoms with Crippen LogP contribution in [0.2, 0.25) is 0 Å². The van der Waals surface area contributed by atoms with E-state index in [9.17, 15) is 4.79 Å². The molecule has 0 aromatic rings. The number of nitrogens with zero attached hydrogens (tertiary/aromatic N) is 1. The van der Waals surface area contributed by atoms with Crippen LogP contribution in [0.3, 0.4) is 0 Å². The van der Waals surface area contributed by atoms with Gasteiger partial charge >= 0.3 is 0 Å². The Balaban J connectivity index is 0.00000162. The van der Waals surface area contributed by atoms with E-state index in [1.54, 1.807) is 0 Å². The summed E-state index contributed by atoms with van der Waals surface area (Å²) in [5.41, 5.74) is 0.382. The lowest BCUT2D eigenvalue weighted by Gasteiger charge is -2.27. The third-order valence-corrected chi connectivity index (χ3v) is 4.37. The molecule has 1 N–H and O–H groups in total. The van der Waals surface area contributed by atoms with Gasteiger partial charge in [-0.1, -0.05) is 13.8 Å².